The summed E-state index contributed by atoms with van der Waals surface area (Å²) in [6.45, 7) is -0.273. The number of nitrogens with one attached hydrogen (secondary N) is 1. The number of rotatable bonds is 8. The van der Waals surface area contributed by atoms with Crippen molar-refractivity contribution < 1.29 is 22.4 Å². The number of nitrogens with zero attached hydrogens (tertiary/aromatic N) is 1. The lowest BCUT2D eigenvalue weighted by atomic mass is 9.95. The van der Waals surface area contributed by atoms with Crippen LogP contribution >= 0.6 is 0 Å². The Balaban J connectivity index is 1.77. The zero-order valence-corrected chi connectivity index (χ0v) is 16.8. The third kappa shape index (κ3) is 5.14. The molecule has 0 aliphatic heterocycles. The summed E-state index contributed by atoms with van der Waals surface area (Å²) < 4.78 is 37.8. The van der Waals surface area contributed by atoms with E-state index in [1.54, 1.807) is 24.3 Å². The Hall–Kier alpha value is -2.32. The molecule has 152 valence electrons. The second-order valence-corrected chi connectivity index (χ2v) is 8.87. The zero-order chi connectivity index (χ0) is 20.0. The molecule has 1 aliphatic carbocycles. The molecule has 0 radical (unpaired) electrons. The first-order chi connectivity index (χ1) is 13.5. The Kier molecular flexibility index (Phi) is 6.74. The van der Waals surface area contributed by atoms with Crippen LogP contribution in [-0.4, -0.2) is 38.3 Å². The summed E-state index contributed by atoms with van der Waals surface area (Å²) in [5, 5.41) is 2.98. The molecule has 28 heavy (non-hydrogen) atoms. The Labute approximate surface area is 165 Å². The minimum atomic E-state index is -3.88. The van der Waals surface area contributed by atoms with Crippen LogP contribution in [0.1, 0.15) is 37.9 Å². The molecule has 3 rings (SSSR count). The maximum atomic E-state index is 13.1. The number of hydrogen-bond donors (Lipinski definition) is 1. The average molecular weight is 407 g/mol. The van der Waals surface area contributed by atoms with Crippen molar-refractivity contribution in [3.63, 3.8) is 0 Å². The van der Waals surface area contributed by atoms with Crippen LogP contribution in [0, 0.1) is 0 Å². The first-order valence-electron chi connectivity index (χ1n) is 9.45. The molecular weight excluding hydrogens is 380 g/mol. The van der Waals surface area contributed by atoms with Crippen molar-refractivity contribution in [2.24, 2.45) is 0 Å². The molecule has 1 aliphatic rings. The van der Waals surface area contributed by atoms with Gasteiger partial charge in [-0.1, -0.05) is 19.3 Å². The number of ether oxygens (including phenoxy) is 1. The van der Waals surface area contributed by atoms with Crippen molar-refractivity contribution in [1.29, 1.82) is 0 Å². The van der Waals surface area contributed by atoms with Crippen LogP contribution in [0.3, 0.4) is 0 Å². The molecule has 1 aromatic heterocycles. The highest BCUT2D eigenvalue weighted by Crippen LogP contribution is 2.22. The molecule has 1 heterocycles. The lowest BCUT2D eigenvalue weighted by molar-refractivity contribution is -0.122. The Morgan fingerprint density at radius 1 is 1.18 bits per heavy atom. The molecular formula is C20H26N2O5S. The fourth-order valence-electron chi connectivity index (χ4n) is 3.38. The lowest BCUT2D eigenvalue weighted by Gasteiger charge is -2.25. The van der Waals surface area contributed by atoms with Crippen molar-refractivity contribution in [3.8, 4) is 5.75 Å². The fourth-order valence-corrected chi connectivity index (χ4v) is 4.74. The largest absolute Gasteiger partial charge is 0.497 e. The van der Waals surface area contributed by atoms with Gasteiger partial charge in [-0.2, -0.15) is 4.31 Å². The summed E-state index contributed by atoms with van der Waals surface area (Å²) >= 11 is 0. The van der Waals surface area contributed by atoms with Crippen LogP contribution < -0.4 is 10.1 Å². The van der Waals surface area contributed by atoms with Gasteiger partial charge in [-0.25, -0.2) is 8.42 Å². The minimum Gasteiger partial charge on any atom is -0.497 e. The Morgan fingerprint density at radius 2 is 1.89 bits per heavy atom. The number of methoxy groups -OCH3 is 1. The van der Waals surface area contributed by atoms with Gasteiger partial charge in [-0.05, 0) is 49.2 Å². The van der Waals surface area contributed by atoms with Gasteiger partial charge in [0.1, 0.15) is 11.5 Å². The quantitative estimate of drug-likeness (QED) is 0.728. The number of sulfonamides is 1. The first kappa shape index (κ1) is 20.4. The number of amides is 1. The summed E-state index contributed by atoms with van der Waals surface area (Å²) in [6.07, 6.45) is 6.72. The van der Waals surface area contributed by atoms with Gasteiger partial charge < -0.3 is 14.5 Å². The molecule has 0 saturated heterocycles. The second kappa shape index (κ2) is 9.25. The van der Waals surface area contributed by atoms with Gasteiger partial charge >= 0.3 is 0 Å². The topological polar surface area (TPSA) is 88.9 Å². The van der Waals surface area contributed by atoms with Crippen molar-refractivity contribution in [3.05, 3.63) is 48.4 Å². The third-order valence-corrected chi connectivity index (χ3v) is 6.71. The van der Waals surface area contributed by atoms with Crippen molar-refractivity contribution in [2.75, 3.05) is 13.7 Å². The predicted molar refractivity (Wildman–Crippen MR) is 104 cm³/mol. The third-order valence-electron chi connectivity index (χ3n) is 4.90. The van der Waals surface area contributed by atoms with Crippen LogP contribution in [0.5, 0.6) is 5.75 Å². The van der Waals surface area contributed by atoms with Gasteiger partial charge in [0.05, 0.1) is 31.4 Å². The normalized spacial score (nSPS) is 15.5. The molecule has 8 heteroatoms. The van der Waals surface area contributed by atoms with E-state index in [1.165, 1.54) is 31.9 Å². The van der Waals surface area contributed by atoms with Gasteiger partial charge in [0.25, 0.3) is 0 Å². The van der Waals surface area contributed by atoms with E-state index in [2.05, 4.69) is 5.32 Å². The van der Waals surface area contributed by atoms with E-state index >= 15 is 0 Å². The zero-order valence-electron chi connectivity index (χ0n) is 16.0. The highest BCUT2D eigenvalue weighted by atomic mass is 32.2. The summed E-state index contributed by atoms with van der Waals surface area (Å²) in [7, 11) is -2.36. The SMILES string of the molecule is COc1ccc(S(=O)(=O)N(CC(=O)NC2CCCCC2)Cc2ccco2)cc1. The maximum Gasteiger partial charge on any atom is 0.243 e. The molecule has 1 aromatic carbocycles. The van der Waals surface area contributed by atoms with Crippen LogP contribution in [0.2, 0.25) is 0 Å². The van der Waals surface area contributed by atoms with Gasteiger partial charge in [-0.15, -0.1) is 0 Å². The van der Waals surface area contributed by atoms with E-state index in [-0.39, 0.29) is 29.9 Å². The predicted octanol–water partition coefficient (Wildman–Crippen LogP) is 2.93. The second-order valence-electron chi connectivity index (χ2n) is 6.93. The van der Waals surface area contributed by atoms with Gasteiger partial charge in [0.2, 0.25) is 15.9 Å². The van der Waals surface area contributed by atoms with Gasteiger partial charge in [0.15, 0.2) is 0 Å². The smallest absolute Gasteiger partial charge is 0.243 e. The standard InChI is InChI=1S/C20H26N2O5S/c1-26-17-9-11-19(12-10-17)28(24,25)22(14-18-8-5-13-27-18)15-20(23)21-16-6-3-2-4-7-16/h5,8-13,16H,2-4,6-7,14-15H2,1H3,(H,21,23). The van der Waals surface area contributed by atoms with Crippen molar-refractivity contribution in [2.45, 2.75) is 49.6 Å². The highest BCUT2D eigenvalue weighted by molar-refractivity contribution is 7.89. The number of carbonyl (C=O) groups is 1. The van der Waals surface area contributed by atoms with Gasteiger partial charge in [-0.3, -0.25) is 4.79 Å². The molecule has 0 atom stereocenters. The van der Waals surface area contributed by atoms with Gasteiger partial charge in [0, 0.05) is 6.04 Å². The Bertz CT molecular complexity index is 857. The number of benzene rings is 1. The first-order valence-corrected chi connectivity index (χ1v) is 10.9. The van der Waals surface area contributed by atoms with E-state index in [4.69, 9.17) is 9.15 Å². The Morgan fingerprint density at radius 3 is 2.50 bits per heavy atom. The summed E-state index contributed by atoms with van der Waals surface area (Å²) in [5.74, 6) is 0.740. The van der Waals surface area contributed by atoms with E-state index in [9.17, 15) is 13.2 Å². The van der Waals surface area contributed by atoms with E-state index < -0.39 is 10.0 Å². The molecule has 0 unspecified atom stereocenters. The van der Waals surface area contributed by atoms with Crippen LogP contribution in [0.25, 0.3) is 0 Å². The number of hydrogen-bond acceptors (Lipinski definition) is 5. The van der Waals surface area contributed by atoms with E-state index in [1.807, 2.05) is 0 Å². The molecule has 2 aromatic rings. The van der Waals surface area contributed by atoms with Crippen molar-refractivity contribution in [1.82, 2.24) is 9.62 Å². The monoisotopic (exact) mass is 406 g/mol. The van der Waals surface area contributed by atoms with E-state index in [0.717, 1.165) is 30.0 Å². The average Bonchev–Trinajstić information content (AvgIpc) is 3.21. The minimum absolute atomic E-state index is 0.0144. The maximum absolute atomic E-state index is 13.1. The molecule has 1 amide bonds. The fraction of sp³-hybridized carbons (Fsp3) is 0.450. The lowest BCUT2D eigenvalue weighted by Crippen LogP contribution is -2.44. The molecule has 7 nitrogen and oxygen atoms in total. The van der Waals surface area contributed by atoms with Crippen LogP contribution in [-0.2, 0) is 21.4 Å². The molecule has 1 fully saturated rings. The number of carbonyl (C=O) groups excluding carboxylic acids is 1. The summed E-state index contributed by atoms with van der Waals surface area (Å²) in [4.78, 5) is 12.7. The summed E-state index contributed by atoms with van der Waals surface area (Å²) in [6, 6.07) is 9.62. The molecule has 0 spiro atoms. The molecule has 1 N–H and O–H groups in total. The number of furan rings is 1. The summed E-state index contributed by atoms with van der Waals surface area (Å²) in [5.41, 5.74) is 0. The van der Waals surface area contributed by atoms with Crippen LogP contribution in [0.15, 0.2) is 52.0 Å². The molecule has 1 saturated carbocycles. The highest BCUT2D eigenvalue weighted by Gasteiger charge is 2.28. The molecule has 0 bridgehead atoms. The van der Waals surface area contributed by atoms with Crippen molar-refractivity contribution >= 4 is 15.9 Å². The van der Waals surface area contributed by atoms with E-state index in [0.29, 0.717) is 11.5 Å². The van der Waals surface area contributed by atoms with Crippen LogP contribution in [0.4, 0.5) is 0 Å².